The molecule has 8 nitrogen and oxygen atoms in total. The van der Waals surface area contributed by atoms with Crippen molar-refractivity contribution >= 4 is 27.8 Å². The van der Waals surface area contributed by atoms with E-state index in [-0.39, 0.29) is 4.90 Å². The van der Waals surface area contributed by atoms with Crippen LogP contribution in [0.25, 0.3) is 0 Å². The first kappa shape index (κ1) is 21.1. The molecule has 0 aliphatic heterocycles. The van der Waals surface area contributed by atoms with Gasteiger partial charge in [-0.05, 0) is 55.5 Å². The van der Waals surface area contributed by atoms with Gasteiger partial charge in [0.25, 0.3) is 15.9 Å². The van der Waals surface area contributed by atoms with Gasteiger partial charge in [-0.2, -0.15) is 5.10 Å². The molecule has 156 valence electrons. The molecule has 3 rings (SSSR count). The van der Waals surface area contributed by atoms with Crippen LogP contribution in [0.3, 0.4) is 0 Å². The molecule has 1 amide bonds. The number of nitrogens with one attached hydrogen (secondary N) is 1. The monoisotopic (exact) mass is 427 g/mol. The third kappa shape index (κ3) is 5.26. The van der Waals surface area contributed by atoms with Gasteiger partial charge in [-0.15, -0.1) is 0 Å². The van der Waals surface area contributed by atoms with E-state index in [0.29, 0.717) is 23.8 Å². The van der Waals surface area contributed by atoms with Gasteiger partial charge in [-0.1, -0.05) is 18.2 Å². The number of rotatable bonds is 9. The first-order valence-electron chi connectivity index (χ1n) is 9.17. The van der Waals surface area contributed by atoms with Crippen molar-refractivity contribution in [3.05, 3.63) is 78.8 Å². The fourth-order valence-corrected chi connectivity index (χ4v) is 4.05. The predicted molar refractivity (Wildman–Crippen MR) is 113 cm³/mol. The number of benzene rings is 2. The highest BCUT2D eigenvalue weighted by Crippen LogP contribution is 2.25. The molecule has 30 heavy (non-hydrogen) atoms. The number of hydrazone groups is 1. The van der Waals surface area contributed by atoms with E-state index >= 15 is 0 Å². The Hall–Kier alpha value is -3.59. The minimum absolute atomic E-state index is 0.0748. The van der Waals surface area contributed by atoms with Gasteiger partial charge in [0.2, 0.25) is 0 Å². The molecular formula is C21H21N3O5S. The first-order valence-corrected chi connectivity index (χ1v) is 10.6. The summed E-state index contributed by atoms with van der Waals surface area (Å²) in [6.07, 6.45) is 2.80. The molecule has 0 bridgehead atoms. The van der Waals surface area contributed by atoms with Crippen LogP contribution in [0.4, 0.5) is 5.69 Å². The van der Waals surface area contributed by atoms with Gasteiger partial charge in [0.1, 0.15) is 18.1 Å². The van der Waals surface area contributed by atoms with Crippen molar-refractivity contribution in [2.45, 2.75) is 11.8 Å². The zero-order valence-electron chi connectivity index (χ0n) is 16.3. The standard InChI is InChI=1S/C21H21N3O5S/c1-2-28-18-12-10-17(11-13-18)24(30(26,27)20-8-4-3-5-9-20)16-21(25)23-22-15-19-7-6-14-29-19/h3-15H,2,16H2,1H3,(H,23,25)/b22-15-. The molecule has 0 aliphatic carbocycles. The number of carbonyl (C=O) groups excluding carboxylic acids is 1. The van der Waals surface area contributed by atoms with E-state index in [1.807, 2.05) is 6.92 Å². The third-order valence-corrected chi connectivity index (χ3v) is 5.77. The fourth-order valence-electron chi connectivity index (χ4n) is 2.61. The van der Waals surface area contributed by atoms with Gasteiger partial charge < -0.3 is 9.15 Å². The van der Waals surface area contributed by atoms with E-state index in [2.05, 4.69) is 10.5 Å². The summed E-state index contributed by atoms with van der Waals surface area (Å²) in [4.78, 5) is 12.5. The maximum Gasteiger partial charge on any atom is 0.264 e. The van der Waals surface area contributed by atoms with Crippen LogP contribution >= 0.6 is 0 Å². The molecule has 3 aromatic rings. The molecular weight excluding hydrogens is 406 g/mol. The average Bonchev–Trinajstić information content (AvgIpc) is 3.27. The topological polar surface area (TPSA) is 101 Å². The normalized spacial score (nSPS) is 11.4. The summed E-state index contributed by atoms with van der Waals surface area (Å²) < 4.78 is 37.9. The Morgan fingerprint density at radius 3 is 2.47 bits per heavy atom. The molecule has 0 fully saturated rings. The molecule has 9 heteroatoms. The van der Waals surface area contributed by atoms with E-state index in [0.717, 1.165) is 4.31 Å². The Kier molecular flexibility index (Phi) is 6.87. The Balaban J connectivity index is 1.84. The molecule has 2 aromatic carbocycles. The zero-order valence-corrected chi connectivity index (χ0v) is 17.1. The van der Waals surface area contributed by atoms with Crippen molar-refractivity contribution in [2.75, 3.05) is 17.5 Å². The maximum absolute atomic E-state index is 13.2. The molecule has 1 heterocycles. The van der Waals surface area contributed by atoms with Crippen LogP contribution in [-0.4, -0.2) is 33.7 Å². The number of anilines is 1. The number of ether oxygens (including phenoxy) is 1. The second-order valence-electron chi connectivity index (χ2n) is 6.06. The lowest BCUT2D eigenvalue weighted by Crippen LogP contribution is -2.39. The van der Waals surface area contributed by atoms with Gasteiger partial charge in [0, 0.05) is 0 Å². The van der Waals surface area contributed by atoms with E-state index in [9.17, 15) is 13.2 Å². The van der Waals surface area contributed by atoms with Gasteiger partial charge >= 0.3 is 0 Å². The Labute approximate surface area is 174 Å². The molecule has 0 saturated carbocycles. The number of carbonyl (C=O) groups is 1. The van der Waals surface area contributed by atoms with Gasteiger partial charge in [0.15, 0.2) is 0 Å². The highest BCUT2D eigenvalue weighted by Gasteiger charge is 2.27. The number of furan rings is 1. The number of hydrogen-bond acceptors (Lipinski definition) is 6. The van der Waals surface area contributed by atoms with E-state index in [4.69, 9.17) is 9.15 Å². The lowest BCUT2D eigenvalue weighted by Gasteiger charge is -2.23. The molecule has 0 aliphatic rings. The van der Waals surface area contributed by atoms with Crippen LogP contribution in [0.2, 0.25) is 0 Å². The number of hydrogen-bond donors (Lipinski definition) is 1. The zero-order chi connectivity index (χ0) is 21.4. The van der Waals surface area contributed by atoms with Crippen LogP contribution in [0.5, 0.6) is 5.75 Å². The molecule has 1 N–H and O–H groups in total. The third-order valence-electron chi connectivity index (χ3n) is 3.98. The minimum atomic E-state index is -3.98. The number of sulfonamides is 1. The van der Waals surface area contributed by atoms with Crippen LogP contribution < -0.4 is 14.5 Å². The molecule has 0 atom stereocenters. The highest BCUT2D eigenvalue weighted by atomic mass is 32.2. The summed E-state index contributed by atoms with van der Waals surface area (Å²) in [5.41, 5.74) is 2.64. The van der Waals surface area contributed by atoms with Crippen LogP contribution in [0.1, 0.15) is 12.7 Å². The van der Waals surface area contributed by atoms with Gasteiger partial charge in [-0.25, -0.2) is 13.8 Å². The summed E-state index contributed by atoms with van der Waals surface area (Å²) in [6.45, 7) is 1.88. The lowest BCUT2D eigenvalue weighted by atomic mass is 10.3. The summed E-state index contributed by atoms with van der Waals surface area (Å²) in [5, 5.41) is 3.79. The Morgan fingerprint density at radius 1 is 1.10 bits per heavy atom. The van der Waals surface area contributed by atoms with Crippen molar-refractivity contribution in [3.63, 3.8) is 0 Å². The highest BCUT2D eigenvalue weighted by molar-refractivity contribution is 7.92. The second-order valence-corrected chi connectivity index (χ2v) is 7.92. The summed E-state index contributed by atoms with van der Waals surface area (Å²) >= 11 is 0. The van der Waals surface area contributed by atoms with Crippen molar-refractivity contribution in [1.29, 1.82) is 0 Å². The summed E-state index contributed by atoms with van der Waals surface area (Å²) in [6, 6.07) is 17.7. The van der Waals surface area contributed by atoms with Crippen molar-refractivity contribution in [2.24, 2.45) is 5.10 Å². The first-order chi connectivity index (χ1) is 14.5. The number of amides is 1. The largest absolute Gasteiger partial charge is 0.494 e. The minimum Gasteiger partial charge on any atom is -0.494 e. The fraction of sp³-hybridized carbons (Fsp3) is 0.143. The lowest BCUT2D eigenvalue weighted by molar-refractivity contribution is -0.119. The Bertz CT molecular complexity index is 1080. The van der Waals surface area contributed by atoms with E-state index < -0.39 is 22.5 Å². The Morgan fingerprint density at radius 2 is 1.83 bits per heavy atom. The second kappa shape index (κ2) is 9.75. The quantitative estimate of drug-likeness (QED) is 0.418. The van der Waals surface area contributed by atoms with Gasteiger partial charge in [0.05, 0.1) is 29.7 Å². The average molecular weight is 427 g/mol. The summed E-state index contributed by atoms with van der Waals surface area (Å²) in [5.74, 6) is 0.451. The van der Waals surface area contributed by atoms with Crippen molar-refractivity contribution in [3.8, 4) is 5.75 Å². The molecule has 1 aromatic heterocycles. The summed E-state index contributed by atoms with van der Waals surface area (Å²) in [7, 11) is -3.98. The molecule has 0 radical (unpaired) electrons. The molecule has 0 saturated heterocycles. The maximum atomic E-state index is 13.2. The smallest absolute Gasteiger partial charge is 0.264 e. The molecule has 0 spiro atoms. The predicted octanol–water partition coefficient (Wildman–Crippen LogP) is 3.02. The van der Waals surface area contributed by atoms with E-state index in [1.54, 1.807) is 54.6 Å². The van der Waals surface area contributed by atoms with Crippen LogP contribution in [-0.2, 0) is 14.8 Å². The van der Waals surface area contributed by atoms with Crippen molar-refractivity contribution in [1.82, 2.24) is 5.43 Å². The van der Waals surface area contributed by atoms with Gasteiger partial charge in [-0.3, -0.25) is 9.10 Å². The van der Waals surface area contributed by atoms with E-state index in [1.165, 1.54) is 24.6 Å². The van der Waals surface area contributed by atoms with Crippen LogP contribution in [0.15, 0.2) is 87.4 Å². The van der Waals surface area contributed by atoms with Crippen molar-refractivity contribution < 1.29 is 22.4 Å². The van der Waals surface area contributed by atoms with Crippen LogP contribution in [0, 0.1) is 0 Å². The number of nitrogens with zero attached hydrogens (tertiary/aromatic N) is 2. The SMILES string of the molecule is CCOc1ccc(N(CC(=O)N/N=C\c2ccco2)S(=O)(=O)c2ccccc2)cc1. The molecule has 0 unspecified atom stereocenters.